The number of benzene rings is 1. The SMILES string of the molecule is CCOc1cccc(CNCCOCC(F)F)c1O. The van der Waals surface area contributed by atoms with Gasteiger partial charge in [0.15, 0.2) is 11.5 Å². The molecule has 0 amide bonds. The first-order valence-electron chi connectivity index (χ1n) is 6.15. The third-order valence-corrected chi connectivity index (χ3v) is 2.36. The fraction of sp³-hybridized carbons (Fsp3) is 0.538. The maximum absolute atomic E-state index is 11.8. The number of para-hydroxylation sites is 1. The van der Waals surface area contributed by atoms with Crippen LogP contribution in [0.5, 0.6) is 11.5 Å². The first-order chi connectivity index (χ1) is 9.15. The van der Waals surface area contributed by atoms with E-state index in [1.807, 2.05) is 6.92 Å². The Kier molecular flexibility index (Phi) is 7.14. The van der Waals surface area contributed by atoms with Crippen LogP contribution in [-0.2, 0) is 11.3 Å². The Bertz CT molecular complexity index is 375. The molecule has 0 aliphatic heterocycles. The second-order valence-corrected chi connectivity index (χ2v) is 3.84. The topological polar surface area (TPSA) is 50.7 Å². The Morgan fingerprint density at radius 2 is 2.16 bits per heavy atom. The molecule has 4 nitrogen and oxygen atoms in total. The predicted octanol–water partition coefficient (Wildman–Crippen LogP) is 2.16. The van der Waals surface area contributed by atoms with Gasteiger partial charge >= 0.3 is 0 Å². The first-order valence-corrected chi connectivity index (χ1v) is 6.15. The highest BCUT2D eigenvalue weighted by Crippen LogP contribution is 2.29. The van der Waals surface area contributed by atoms with Crippen molar-refractivity contribution in [3.63, 3.8) is 0 Å². The van der Waals surface area contributed by atoms with Crippen molar-refractivity contribution in [2.45, 2.75) is 19.9 Å². The molecule has 19 heavy (non-hydrogen) atoms. The van der Waals surface area contributed by atoms with Gasteiger partial charge in [-0.1, -0.05) is 12.1 Å². The van der Waals surface area contributed by atoms with Crippen molar-refractivity contribution in [2.24, 2.45) is 0 Å². The largest absolute Gasteiger partial charge is 0.504 e. The lowest BCUT2D eigenvalue weighted by Crippen LogP contribution is -2.20. The van der Waals surface area contributed by atoms with E-state index in [-0.39, 0.29) is 12.4 Å². The smallest absolute Gasteiger partial charge is 0.261 e. The lowest BCUT2D eigenvalue weighted by atomic mass is 10.2. The van der Waals surface area contributed by atoms with Crippen molar-refractivity contribution in [3.8, 4) is 11.5 Å². The van der Waals surface area contributed by atoms with E-state index in [0.29, 0.717) is 31.0 Å². The van der Waals surface area contributed by atoms with Crippen LogP contribution in [0.3, 0.4) is 0 Å². The molecule has 0 fully saturated rings. The fourth-order valence-electron chi connectivity index (χ4n) is 1.52. The third-order valence-electron chi connectivity index (χ3n) is 2.36. The van der Waals surface area contributed by atoms with Gasteiger partial charge in [0.2, 0.25) is 0 Å². The van der Waals surface area contributed by atoms with Gasteiger partial charge in [0, 0.05) is 18.7 Å². The number of phenolic OH excluding ortho intramolecular Hbond substituents is 1. The number of halogens is 2. The van der Waals surface area contributed by atoms with Crippen LogP contribution in [0.4, 0.5) is 8.78 Å². The molecule has 1 rings (SSSR count). The summed E-state index contributed by atoms with van der Waals surface area (Å²) < 4.78 is 33.6. The average molecular weight is 275 g/mol. The number of phenols is 1. The molecule has 108 valence electrons. The number of hydrogen-bond acceptors (Lipinski definition) is 4. The Morgan fingerprint density at radius 3 is 2.84 bits per heavy atom. The van der Waals surface area contributed by atoms with Crippen LogP contribution in [0.2, 0.25) is 0 Å². The summed E-state index contributed by atoms with van der Waals surface area (Å²) in [6.45, 7) is 2.83. The maximum atomic E-state index is 11.8. The predicted molar refractivity (Wildman–Crippen MR) is 67.8 cm³/mol. The number of hydrogen-bond donors (Lipinski definition) is 2. The van der Waals surface area contributed by atoms with Crippen LogP contribution in [0.25, 0.3) is 0 Å². The summed E-state index contributed by atoms with van der Waals surface area (Å²) in [6.07, 6.45) is -2.44. The molecule has 0 saturated carbocycles. The van der Waals surface area contributed by atoms with Crippen molar-refractivity contribution in [1.29, 1.82) is 0 Å². The summed E-state index contributed by atoms with van der Waals surface area (Å²) in [4.78, 5) is 0. The maximum Gasteiger partial charge on any atom is 0.261 e. The zero-order chi connectivity index (χ0) is 14.1. The van der Waals surface area contributed by atoms with Gasteiger partial charge in [-0.2, -0.15) is 0 Å². The molecule has 0 heterocycles. The van der Waals surface area contributed by atoms with Crippen LogP contribution in [0.1, 0.15) is 12.5 Å². The van der Waals surface area contributed by atoms with Crippen LogP contribution >= 0.6 is 0 Å². The van der Waals surface area contributed by atoms with Crippen molar-refractivity contribution >= 4 is 0 Å². The molecule has 0 aromatic heterocycles. The first kappa shape index (κ1) is 15.7. The van der Waals surface area contributed by atoms with Crippen LogP contribution < -0.4 is 10.1 Å². The van der Waals surface area contributed by atoms with E-state index in [1.54, 1.807) is 18.2 Å². The van der Waals surface area contributed by atoms with E-state index in [1.165, 1.54) is 0 Å². The Morgan fingerprint density at radius 1 is 1.37 bits per heavy atom. The minimum atomic E-state index is -2.44. The minimum absolute atomic E-state index is 0.102. The highest BCUT2D eigenvalue weighted by Gasteiger charge is 2.07. The van der Waals surface area contributed by atoms with E-state index in [0.717, 1.165) is 0 Å². The molecule has 1 aromatic carbocycles. The molecule has 0 spiro atoms. The molecule has 0 unspecified atom stereocenters. The molecule has 0 radical (unpaired) electrons. The van der Waals surface area contributed by atoms with Gasteiger partial charge < -0.3 is 19.9 Å². The van der Waals surface area contributed by atoms with Crippen molar-refractivity contribution in [3.05, 3.63) is 23.8 Å². The van der Waals surface area contributed by atoms with Gasteiger partial charge in [-0.3, -0.25) is 0 Å². The van der Waals surface area contributed by atoms with E-state index >= 15 is 0 Å². The monoisotopic (exact) mass is 275 g/mol. The van der Waals surface area contributed by atoms with Crippen LogP contribution in [0.15, 0.2) is 18.2 Å². The standard InChI is InChI=1S/C13H19F2NO3/c1-2-19-11-5-3-4-10(13(11)17)8-16-6-7-18-9-12(14)15/h3-5,12,16-17H,2,6-9H2,1H3. The fourth-order valence-corrected chi connectivity index (χ4v) is 1.52. The Hall–Kier alpha value is -1.40. The zero-order valence-electron chi connectivity index (χ0n) is 10.9. The molecule has 0 aliphatic rings. The van der Waals surface area contributed by atoms with Gasteiger partial charge in [0.05, 0.1) is 13.2 Å². The van der Waals surface area contributed by atoms with Gasteiger partial charge in [-0.05, 0) is 13.0 Å². The van der Waals surface area contributed by atoms with E-state index in [9.17, 15) is 13.9 Å². The van der Waals surface area contributed by atoms with E-state index in [2.05, 4.69) is 5.32 Å². The summed E-state index contributed by atoms with van der Waals surface area (Å²) in [6, 6.07) is 5.24. The minimum Gasteiger partial charge on any atom is -0.504 e. The highest BCUT2D eigenvalue weighted by atomic mass is 19.3. The lowest BCUT2D eigenvalue weighted by molar-refractivity contribution is 0.0187. The third kappa shape index (κ3) is 5.85. The number of aromatic hydroxyl groups is 1. The normalized spacial score (nSPS) is 10.9. The number of ether oxygens (including phenoxy) is 2. The number of alkyl halides is 2. The van der Waals surface area contributed by atoms with Crippen LogP contribution in [0, 0.1) is 0 Å². The quantitative estimate of drug-likeness (QED) is 0.678. The molecule has 6 heteroatoms. The number of nitrogens with one attached hydrogen (secondary N) is 1. The Labute approximate surface area is 111 Å². The molecule has 2 N–H and O–H groups in total. The molecular formula is C13H19F2NO3. The molecule has 0 atom stereocenters. The zero-order valence-corrected chi connectivity index (χ0v) is 10.9. The van der Waals surface area contributed by atoms with Crippen molar-refractivity contribution in [1.82, 2.24) is 5.32 Å². The summed E-state index contributed by atoms with van der Waals surface area (Å²) in [7, 11) is 0. The molecule has 1 aromatic rings. The van der Waals surface area contributed by atoms with Gasteiger partial charge in [0.25, 0.3) is 6.43 Å². The van der Waals surface area contributed by atoms with Gasteiger partial charge in [-0.15, -0.1) is 0 Å². The molecule has 0 saturated heterocycles. The summed E-state index contributed by atoms with van der Waals surface area (Å²) >= 11 is 0. The second-order valence-electron chi connectivity index (χ2n) is 3.84. The average Bonchev–Trinajstić information content (AvgIpc) is 2.37. The van der Waals surface area contributed by atoms with Gasteiger partial charge in [0.1, 0.15) is 6.61 Å². The van der Waals surface area contributed by atoms with Crippen LogP contribution in [-0.4, -0.2) is 37.9 Å². The van der Waals surface area contributed by atoms with Crippen molar-refractivity contribution < 1.29 is 23.4 Å². The highest BCUT2D eigenvalue weighted by molar-refractivity contribution is 5.45. The van der Waals surface area contributed by atoms with Gasteiger partial charge in [-0.25, -0.2) is 8.78 Å². The summed E-state index contributed by atoms with van der Waals surface area (Å²) in [5, 5.41) is 12.9. The molecule has 0 bridgehead atoms. The number of rotatable bonds is 9. The summed E-state index contributed by atoms with van der Waals surface area (Å²) in [5.41, 5.74) is 0.694. The Balaban J connectivity index is 2.31. The van der Waals surface area contributed by atoms with Crippen molar-refractivity contribution in [2.75, 3.05) is 26.4 Å². The lowest BCUT2D eigenvalue weighted by Gasteiger charge is -2.11. The molecule has 0 aliphatic carbocycles. The molecular weight excluding hydrogens is 256 g/mol. The van der Waals surface area contributed by atoms with E-state index < -0.39 is 13.0 Å². The second kappa shape index (κ2) is 8.66. The van der Waals surface area contributed by atoms with E-state index in [4.69, 9.17) is 9.47 Å². The summed E-state index contributed by atoms with van der Waals surface area (Å²) in [5.74, 6) is 0.543.